The predicted octanol–water partition coefficient (Wildman–Crippen LogP) is 0.196. The van der Waals surface area contributed by atoms with Gasteiger partial charge in [0.1, 0.15) is 13.2 Å². The van der Waals surface area contributed by atoms with Crippen molar-refractivity contribution >= 4 is 46.4 Å². The Morgan fingerprint density at radius 3 is 1.71 bits per heavy atom. The molecule has 0 aromatic carbocycles. The lowest BCUT2D eigenvalue weighted by molar-refractivity contribution is -0.119. The van der Waals surface area contributed by atoms with Gasteiger partial charge in [-0.25, -0.2) is 0 Å². The molecular formula is C13H18N2O4S2. The number of amides is 2. The zero-order chi connectivity index (χ0) is 16.3. The number of carbonyl (C=O) groups is 2. The van der Waals surface area contributed by atoms with E-state index in [1.165, 1.54) is 13.8 Å². The molecule has 0 saturated heterocycles. The number of hydrogen-bond acceptors (Lipinski definition) is 6. The number of terminal acetylenes is 1. The highest BCUT2D eigenvalue weighted by molar-refractivity contribution is 7.81. The van der Waals surface area contributed by atoms with Gasteiger partial charge in [-0.2, -0.15) is 0 Å². The Hall–Kier alpha value is -1.72. The van der Waals surface area contributed by atoms with Gasteiger partial charge in [0, 0.05) is 13.8 Å². The number of ether oxygens (including phenoxy) is 2. The van der Waals surface area contributed by atoms with Crippen molar-refractivity contribution in [2.75, 3.05) is 26.3 Å². The van der Waals surface area contributed by atoms with Gasteiger partial charge in [0.05, 0.1) is 13.1 Å². The lowest BCUT2D eigenvalue weighted by atomic mass is 10.2. The van der Waals surface area contributed by atoms with E-state index in [9.17, 15) is 9.59 Å². The average molecular weight is 330 g/mol. The molecule has 0 aliphatic carbocycles. The minimum absolute atomic E-state index is 0.118. The summed E-state index contributed by atoms with van der Waals surface area (Å²) >= 11 is 10.1. The molecule has 2 amide bonds. The Morgan fingerprint density at radius 2 is 1.43 bits per heavy atom. The van der Waals surface area contributed by atoms with Crippen LogP contribution in [0.1, 0.15) is 13.8 Å². The summed E-state index contributed by atoms with van der Waals surface area (Å²) in [6, 6.07) is 0. The first-order chi connectivity index (χ1) is 9.88. The third-order valence-corrected chi connectivity index (χ3v) is 2.79. The highest BCUT2D eigenvalue weighted by Gasteiger charge is 2.20. The van der Waals surface area contributed by atoms with E-state index >= 15 is 0 Å². The van der Waals surface area contributed by atoms with Crippen LogP contribution in [0.3, 0.4) is 0 Å². The van der Waals surface area contributed by atoms with E-state index in [-0.39, 0.29) is 35.1 Å². The van der Waals surface area contributed by atoms with Crippen molar-refractivity contribution in [3.8, 4) is 12.3 Å². The smallest absolute Gasteiger partial charge is 0.216 e. The summed E-state index contributed by atoms with van der Waals surface area (Å²) in [6.07, 6.45) is 5.36. The third kappa shape index (κ3) is 9.76. The van der Waals surface area contributed by atoms with Crippen molar-refractivity contribution in [2.24, 2.45) is 5.92 Å². The molecule has 21 heavy (non-hydrogen) atoms. The van der Waals surface area contributed by atoms with Crippen LogP contribution in [0.25, 0.3) is 0 Å². The van der Waals surface area contributed by atoms with Crippen LogP contribution in [0, 0.1) is 18.3 Å². The van der Waals surface area contributed by atoms with Gasteiger partial charge in [-0.15, -0.1) is 6.42 Å². The zero-order valence-electron chi connectivity index (χ0n) is 11.9. The number of nitrogens with one attached hydrogen (secondary N) is 2. The first-order valence-electron chi connectivity index (χ1n) is 6.16. The summed E-state index contributed by atoms with van der Waals surface area (Å²) < 4.78 is 10.5. The molecule has 8 heteroatoms. The second-order valence-electron chi connectivity index (χ2n) is 3.90. The van der Waals surface area contributed by atoms with Crippen LogP contribution in [0.5, 0.6) is 0 Å². The lowest BCUT2D eigenvalue weighted by Crippen LogP contribution is -2.30. The maximum Gasteiger partial charge on any atom is 0.216 e. The van der Waals surface area contributed by atoms with Gasteiger partial charge >= 0.3 is 0 Å². The Bertz CT molecular complexity index is 412. The summed E-state index contributed by atoms with van der Waals surface area (Å²) in [7, 11) is 0. The van der Waals surface area contributed by atoms with Crippen molar-refractivity contribution in [3.05, 3.63) is 0 Å². The van der Waals surface area contributed by atoms with Gasteiger partial charge in [0.25, 0.3) is 0 Å². The van der Waals surface area contributed by atoms with Crippen LogP contribution >= 0.6 is 24.4 Å². The molecule has 0 fully saturated rings. The molecule has 2 N–H and O–H groups in total. The largest absolute Gasteiger partial charge is 0.483 e. The molecule has 0 rings (SSSR count). The van der Waals surface area contributed by atoms with Crippen LogP contribution in [-0.4, -0.2) is 48.2 Å². The van der Waals surface area contributed by atoms with Crippen molar-refractivity contribution in [1.82, 2.24) is 10.6 Å². The van der Waals surface area contributed by atoms with Crippen molar-refractivity contribution < 1.29 is 19.1 Å². The first kappa shape index (κ1) is 19.3. The molecule has 0 heterocycles. The number of rotatable bonds is 8. The second kappa shape index (κ2) is 11.0. The van der Waals surface area contributed by atoms with E-state index in [1.54, 1.807) is 0 Å². The Morgan fingerprint density at radius 1 is 1.05 bits per heavy atom. The highest BCUT2D eigenvalue weighted by Crippen LogP contribution is 2.06. The lowest BCUT2D eigenvalue weighted by Gasteiger charge is -2.15. The minimum Gasteiger partial charge on any atom is -0.483 e. The van der Waals surface area contributed by atoms with E-state index in [2.05, 4.69) is 16.6 Å². The molecule has 116 valence electrons. The van der Waals surface area contributed by atoms with Gasteiger partial charge in [-0.3, -0.25) is 9.59 Å². The summed E-state index contributed by atoms with van der Waals surface area (Å²) in [4.78, 5) is 21.4. The highest BCUT2D eigenvalue weighted by atomic mass is 32.1. The Balaban J connectivity index is 4.08. The van der Waals surface area contributed by atoms with Gasteiger partial charge < -0.3 is 20.1 Å². The van der Waals surface area contributed by atoms with Crippen LogP contribution in [0.2, 0.25) is 0 Å². The van der Waals surface area contributed by atoms with E-state index in [1.807, 2.05) is 0 Å². The first-order valence-corrected chi connectivity index (χ1v) is 6.98. The van der Waals surface area contributed by atoms with E-state index in [0.29, 0.717) is 13.1 Å². The van der Waals surface area contributed by atoms with E-state index < -0.39 is 5.92 Å². The molecule has 0 radical (unpaired) electrons. The molecule has 0 bridgehead atoms. The summed E-state index contributed by atoms with van der Waals surface area (Å²) in [5.41, 5.74) is 0. The van der Waals surface area contributed by atoms with Crippen molar-refractivity contribution in [1.29, 1.82) is 0 Å². The fourth-order valence-corrected chi connectivity index (χ4v) is 1.75. The summed E-state index contributed by atoms with van der Waals surface area (Å²) in [5, 5.41) is 5.36. The normalized spacial score (nSPS) is 9.43. The molecule has 0 spiro atoms. The monoisotopic (exact) mass is 330 g/mol. The molecular weight excluding hydrogens is 312 g/mol. The maximum absolute atomic E-state index is 10.7. The van der Waals surface area contributed by atoms with Crippen LogP contribution in [-0.2, 0) is 19.1 Å². The molecule has 0 aromatic heterocycles. The average Bonchev–Trinajstić information content (AvgIpc) is 2.40. The van der Waals surface area contributed by atoms with Crippen LogP contribution in [0.15, 0.2) is 0 Å². The van der Waals surface area contributed by atoms with E-state index in [0.717, 1.165) is 0 Å². The minimum atomic E-state index is -0.732. The number of thiocarbonyl (C=S) groups is 2. The molecule has 0 unspecified atom stereocenters. The second-order valence-corrected chi connectivity index (χ2v) is 4.71. The molecule has 6 nitrogen and oxygen atoms in total. The quantitative estimate of drug-likeness (QED) is 0.376. The van der Waals surface area contributed by atoms with Crippen LogP contribution < -0.4 is 10.6 Å². The summed E-state index contributed by atoms with van der Waals surface area (Å²) in [5.74, 6) is 1.35. The molecule has 0 aromatic rings. The predicted molar refractivity (Wildman–Crippen MR) is 86.8 cm³/mol. The fourth-order valence-electron chi connectivity index (χ4n) is 1.16. The molecule has 0 saturated carbocycles. The van der Waals surface area contributed by atoms with E-state index in [4.69, 9.17) is 40.3 Å². The number of carbonyl (C=O) groups excluding carboxylic acids is 2. The maximum atomic E-state index is 10.7. The van der Waals surface area contributed by atoms with Crippen LogP contribution in [0.4, 0.5) is 0 Å². The number of hydrogen-bond donors (Lipinski definition) is 2. The van der Waals surface area contributed by atoms with Gasteiger partial charge in [-0.1, -0.05) is 5.92 Å². The summed E-state index contributed by atoms with van der Waals surface area (Å²) in [6.45, 7) is 3.85. The molecule has 0 atom stereocenters. The topological polar surface area (TPSA) is 76.7 Å². The van der Waals surface area contributed by atoms with Gasteiger partial charge in [0.2, 0.25) is 11.8 Å². The Labute approximate surface area is 134 Å². The Kier molecular flexibility index (Phi) is 10.1. The molecule has 0 aliphatic rings. The third-order valence-electron chi connectivity index (χ3n) is 2.08. The SMILES string of the molecule is C#CC(C(=S)OCCNC(C)=O)C(=S)OCCNC(C)=O. The van der Waals surface area contributed by atoms with Gasteiger partial charge in [-0.05, 0) is 24.4 Å². The fraction of sp³-hybridized carbons (Fsp3) is 0.538. The zero-order valence-corrected chi connectivity index (χ0v) is 13.6. The standard InChI is InChI=1S/C13H18N2O4S2/c1-4-11(12(20)18-7-5-14-9(2)16)13(21)19-8-6-15-10(3)17/h1,11H,5-8H2,2-3H3,(H,14,16)(H,15,17). The van der Waals surface area contributed by atoms with Gasteiger partial charge in [0.15, 0.2) is 16.0 Å². The van der Waals surface area contributed by atoms with Crippen molar-refractivity contribution in [2.45, 2.75) is 13.8 Å². The molecule has 0 aliphatic heterocycles. The van der Waals surface area contributed by atoms with Crippen molar-refractivity contribution in [3.63, 3.8) is 0 Å².